The maximum atomic E-state index is 11.3. The number of carbonyl (C=O) groups excluding carboxylic acids is 1. The Morgan fingerprint density at radius 1 is 1.43 bits per heavy atom. The van der Waals surface area contributed by atoms with Crippen LogP contribution in [0.3, 0.4) is 0 Å². The first-order valence-corrected chi connectivity index (χ1v) is 7.11. The quantitative estimate of drug-likeness (QED) is 0.476. The van der Waals surface area contributed by atoms with E-state index in [1.807, 2.05) is 0 Å². The Kier molecular flexibility index (Phi) is 6.16. The number of aliphatic carboxylic acids is 1. The lowest BCUT2D eigenvalue weighted by Gasteiger charge is -2.19. The van der Waals surface area contributed by atoms with Crippen LogP contribution in [0.25, 0.3) is 0 Å². The monoisotopic (exact) mass is 314 g/mol. The van der Waals surface area contributed by atoms with Crippen LogP contribution in [-0.2, 0) is 14.4 Å². The van der Waals surface area contributed by atoms with Gasteiger partial charge in [-0.25, -0.2) is 9.59 Å². The number of carbonyl (C=O) groups is 2. The number of hydrogen-bond acceptors (Lipinski definition) is 6. The van der Waals surface area contributed by atoms with Gasteiger partial charge in [0.2, 0.25) is 5.71 Å². The zero-order chi connectivity index (χ0) is 15.9. The van der Waals surface area contributed by atoms with Crippen LogP contribution in [0, 0.1) is 0 Å². The van der Waals surface area contributed by atoms with Crippen molar-refractivity contribution in [3.63, 3.8) is 0 Å². The molecule has 0 saturated carbocycles. The number of amides is 1. The highest BCUT2D eigenvalue weighted by Crippen LogP contribution is 2.10. The minimum Gasteiger partial charge on any atom is -0.476 e. The van der Waals surface area contributed by atoms with Crippen molar-refractivity contribution in [3.05, 3.63) is 22.4 Å². The molecule has 0 spiro atoms. The maximum absolute atomic E-state index is 11.3. The molecule has 2 N–H and O–H groups in total. The topological polar surface area (TPSA) is 97.2 Å². The second kappa shape index (κ2) is 7.63. The predicted molar refractivity (Wildman–Crippen MR) is 78.7 cm³/mol. The van der Waals surface area contributed by atoms with Gasteiger partial charge >= 0.3 is 12.1 Å². The number of nitrogens with one attached hydrogen (secondary N) is 1. The maximum Gasteiger partial charge on any atom is 0.407 e. The van der Waals surface area contributed by atoms with Crippen LogP contribution in [0.5, 0.6) is 0 Å². The van der Waals surface area contributed by atoms with E-state index >= 15 is 0 Å². The van der Waals surface area contributed by atoms with Crippen molar-refractivity contribution < 1.29 is 24.3 Å². The summed E-state index contributed by atoms with van der Waals surface area (Å²) in [7, 11) is 0. The predicted octanol–water partition coefficient (Wildman–Crippen LogP) is 2.08. The number of carboxylic acid groups (broad SMARTS) is 1. The Hall–Kier alpha value is -2.09. The van der Waals surface area contributed by atoms with Gasteiger partial charge in [-0.1, -0.05) is 11.2 Å². The van der Waals surface area contributed by atoms with E-state index in [4.69, 9.17) is 14.7 Å². The van der Waals surface area contributed by atoms with E-state index < -0.39 is 17.7 Å². The molecule has 8 heteroatoms. The van der Waals surface area contributed by atoms with Crippen LogP contribution in [0.1, 0.15) is 25.6 Å². The number of oxime groups is 1. The summed E-state index contributed by atoms with van der Waals surface area (Å²) < 4.78 is 5.03. The Morgan fingerprint density at radius 3 is 2.67 bits per heavy atom. The van der Waals surface area contributed by atoms with E-state index in [0.717, 1.165) is 0 Å². The summed E-state index contributed by atoms with van der Waals surface area (Å²) in [6.07, 6.45) is -0.563. The van der Waals surface area contributed by atoms with Crippen molar-refractivity contribution in [3.8, 4) is 0 Å². The highest BCUT2D eigenvalue weighted by Gasteiger charge is 2.16. The van der Waals surface area contributed by atoms with E-state index in [9.17, 15) is 9.59 Å². The summed E-state index contributed by atoms with van der Waals surface area (Å²) in [4.78, 5) is 27.8. The van der Waals surface area contributed by atoms with Crippen molar-refractivity contribution in [2.75, 3.05) is 13.2 Å². The zero-order valence-corrected chi connectivity index (χ0v) is 12.9. The molecule has 0 aromatic carbocycles. The summed E-state index contributed by atoms with van der Waals surface area (Å²) in [6, 6.07) is 3.36. The molecule has 7 nitrogen and oxygen atoms in total. The highest BCUT2D eigenvalue weighted by molar-refractivity contribution is 7.13. The first-order valence-electron chi connectivity index (χ1n) is 6.23. The van der Waals surface area contributed by atoms with Crippen LogP contribution in [0.2, 0.25) is 0 Å². The molecule has 1 aromatic heterocycles. The average Bonchev–Trinajstić information content (AvgIpc) is 2.84. The second-order valence-corrected chi connectivity index (χ2v) is 5.93. The van der Waals surface area contributed by atoms with Crippen LogP contribution in [0.15, 0.2) is 22.7 Å². The Labute approximate surface area is 126 Å². The molecule has 1 rings (SSSR count). The van der Waals surface area contributed by atoms with E-state index in [2.05, 4.69) is 10.5 Å². The van der Waals surface area contributed by atoms with Gasteiger partial charge in [-0.05, 0) is 32.2 Å². The molecule has 0 aliphatic heterocycles. The van der Waals surface area contributed by atoms with Gasteiger partial charge in [0.15, 0.2) is 0 Å². The molecule has 0 fully saturated rings. The van der Waals surface area contributed by atoms with E-state index in [1.165, 1.54) is 11.3 Å². The number of ether oxygens (including phenoxy) is 1. The lowest BCUT2D eigenvalue weighted by atomic mass is 10.2. The number of alkyl carbamates (subject to hydrolysis) is 1. The van der Waals surface area contributed by atoms with Crippen LogP contribution in [-0.4, -0.2) is 41.6 Å². The van der Waals surface area contributed by atoms with Gasteiger partial charge < -0.3 is 20.0 Å². The molecular weight excluding hydrogens is 296 g/mol. The molecule has 1 amide bonds. The van der Waals surface area contributed by atoms with E-state index in [-0.39, 0.29) is 18.9 Å². The molecule has 0 atom stereocenters. The summed E-state index contributed by atoms with van der Waals surface area (Å²) in [5.41, 5.74) is -0.735. The average molecular weight is 314 g/mol. The van der Waals surface area contributed by atoms with Crippen molar-refractivity contribution in [1.29, 1.82) is 0 Å². The van der Waals surface area contributed by atoms with E-state index in [1.54, 1.807) is 38.3 Å². The van der Waals surface area contributed by atoms with E-state index in [0.29, 0.717) is 4.88 Å². The SMILES string of the molecule is CC(C)(C)OC(=O)NCCON=C(C(=O)O)c1cccs1. The first kappa shape index (κ1) is 17.0. The second-order valence-electron chi connectivity index (χ2n) is 4.98. The molecule has 116 valence electrons. The smallest absolute Gasteiger partial charge is 0.407 e. The third-order valence-electron chi connectivity index (χ3n) is 1.97. The fourth-order valence-electron chi connectivity index (χ4n) is 1.23. The van der Waals surface area contributed by atoms with Crippen molar-refractivity contribution in [1.82, 2.24) is 5.32 Å². The lowest BCUT2D eigenvalue weighted by Crippen LogP contribution is -2.34. The molecule has 0 aliphatic rings. The van der Waals surface area contributed by atoms with Gasteiger partial charge in [0.1, 0.15) is 12.2 Å². The molecule has 0 aliphatic carbocycles. The fourth-order valence-corrected chi connectivity index (χ4v) is 1.92. The van der Waals surface area contributed by atoms with Gasteiger partial charge in [-0.2, -0.15) is 0 Å². The van der Waals surface area contributed by atoms with Crippen LogP contribution in [0.4, 0.5) is 4.79 Å². The minimum absolute atomic E-state index is 0.0431. The third-order valence-corrected chi connectivity index (χ3v) is 2.85. The molecule has 21 heavy (non-hydrogen) atoms. The Morgan fingerprint density at radius 2 is 2.14 bits per heavy atom. The molecular formula is C13H18N2O5S. The molecule has 0 radical (unpaired) electrons. The fraction of sp³-hybridized carbons (Fsp3) is 0.462. The summed E-state index contributed by atoms with van der Waals surface area (Å²) >= 11 is 1.25. The van der Waals surface area contributed by atoms with Crippen molar-refractivity contribution >= 4 is 29.1 Å². The van der Waals surface area contributed by atoms with Gasteiger partial charge in [0.05, 0.1) is 11.4 Å². The van der Waals surface area contributed by atoms with Gasteiger partial charge in [-0.15, -0.1) is 11.3 Å². The first-order chi connectivity index (χ1) is 9.79. The number of thiophene rings is 1. The molecule has 1 heterocycles. The number of rotatable bonds is 6. The molecule has 0 saturated heterocycles. The van der Waals surface area contributed by atoms with Crippen molar-refractivity contribution in [2.45, 2.75) is 26.4 Å². The number of carboxylic acids is 1. The van der Waals surface area contributed by atoms with Gasteiger partial charge in [0.25, 0.3) is 0 Å². The largest absolute Gasteiger partial charge is 0.476 e. The van der Waals surface area contributed by atoms with Gasteiger partial charge in [0, 0.05) is 0 Å². The van der Waals surface area contributed by atoms with Crippen LogP contribution >= 0.6 is 11.3 Å². The summed E-state index contributed by atoms with van der Waals surface area (Å²) in [6.45, 7) is 5.48. The van der Waals surface area contributed by atoms with Crippen LogP contribution < -0.4 is 5.32 Å². The van der Waals surface area contributed by atoms with Crippen molar-refractivity contribution in [2.24, 2.45) is 5.16 Å². The lowest BCUT2D eigenvalue weighted by molar-refractivity contribution is -0.129. The third kappa shape index (κ3) is 6.75. The normalized spacial score (nSPS) is 11.9. The molecule has 0 bridgehead atoms. The Bertz CT molecular complexity index is 505. The number of nitrogens with zero attached hydrogens (tertiary/aromatic N) is 1. The Balaban J connectivity index is 2.37. The zero-order valence-electron chi connectivity index (χ0n) is 12.1. The number of hydrogen-bond donors (Lipinski definition) is 2. The summed E-state index contributed by atoms with van der Waals surface area (Å²) in [5.74, 6) is -1.17. The van der Waals surface area contributed by atoms with Gasteiger partial charge in [-0.3, -0.25) is 0 Å². The molecule has 1 aromatic rings. The molecule has 0 unspecified atom stereocenters. The minimum atomic E-state index is -1.17. The highest BCUT2D eigenvalue weighted by atomic mass is 32.1. The standard InChI is InChI=1S/C13H18N2O5S/c1-13(2,3)20-12(18)14-6-7-19-15-10(11(16)17)9-5-4-8-21-9/h4-5,8H,6-7H2,1-3H3,(H,14,18)(H,16,17). The summed E-state index contributed by atoms with van der Waals surface area (Å²) in [5, 5.41) is 16.8.